The molecule has 1 aromatic carbocycles. The molecule has 2 aromatic heterocycles. The number of nitrogens with one attached hydrogen (secondary N) is 1. The van der Waals surface area contributed by atoms with E-state index in [1.54, 1.807) is 17.0 Å². The molecular weight excluding hydrogens is 375 g/mol. The highest BCUT2D eigenvalue weighted by molar-refractivity contribution is 5.88. The molecule has 1 saturated heterocycles. The van der Waals surface area contributed by atoms with Crippen LogP contribution in [-0.4, -0.2) is 52.2 Å². The molecule has 1 fully saturated rings. The number of halogens is 1. The average Bonchev–Trinajstić information content (AvgIpc) is 3.06. The molecule has 8 nitrogen and oxygen atoms in total. The molecule has 3 heterocycles. The lowest BCUT2D eigenvalue weighted by Gasteiger charge is -2.35. The lowest BCUT2D eigenvalue weighted by Crippen LogP contribution is -2.50. The van der Waals surface area contributed by atoms with Crippen LogP contribution in [0, 0.1) is 19.7 Å². The predicted octanol–water partition coefficient (Wildman–Crippen LogP) is 3.24. The summed E-state index contributed by atoms with van der Waals surface area (Å²) in [5, 5.41) is 6.63. The van der Waals surface area contributed by atoms with Crippen molar-refractivity contribution in [2.45, 2.75) is 13.8 Å². The largest absolute Gasteiger partial charge is 0.353 e. The van der Waals surface area contributed by atoms with Gasteiger partial charge in [0.15, 0.2) is 0 Å². The number of urea groups is 1. The maximum absolute atomic E-state index is 13.1. The van der Waals surface area contributed by atoms with E-state index in [1.165, 1.54) is 18.5 Å². The Bertz CT molecular complexity index is 1010. The van der Waals surface area contributed by atoms with E-state index in [-0.39, 0.29) is 11.8 Å². The van der Waals surface area contributed by atoms with Gasteiger partial charge in [-0.2, -0.15) is 0 Å². The summed E-state index contributed by atoms with van der Waals surface area (Å²) >= 11 is 0. The van der Waals surface area contributed by atoms with Crippen LogP contribution in [0.5, 0.6) is 0 Å². The second-order valence-corrected chi connectivity index (χ2v) is 6.89. The first-order valence-corrected chi connectivity index (χ1v) is 9.33. The summed E-state index contributed by atoms with van der Waals surface area (Å²) in [6.07, 6.45) is 1.50. The van der Waals surface area contributed by atoms with Gasteiger partial charge in [-0.3, -0.25) is 5.32 Å². The molecule has 9 heteroatoms. The zero-order chi connectivity index (χ0) is 20.4. The second-order valence-electron chi connectivity index (χ2n) is 6.89. The fourth-order valence-corrected chi connectivity index (χ4v) is 3.15. The Labute approximate surface area is 167 Å². The van der Waals surface area contributed by atoms with Gasteiger partial charge in [-0.15, -0.1) is 0 Å². The molecule has 1 aliphatic rings. The quantitative estimate of drug-likeness (QED) is 0.731. The molecular formula is C20H21FN6O2. The minimum atomic E-state index is -0.284. The van der Waals surface area contributed by atoms with Gasteiger partial charge in [-0.05, 0) is 38.1 Å². The van der Waals surface area contributed by atoms with Gasteiger partial charge in [0.05, 0.1) is 11.4 Å². The van der Waals surface area contributed by atoms with Crippen LogP contribution < -0.4 is 10.2 Å². The van der Waals surface area contributed by atoms with Crippen LogP contribution in [0.25, 0.3) is 11.3 Å². The van der Waals surface area contributed by atoms with Gasteiger partial charge in [0.25, 0.3) is 0 Å². The van der Waals surface area contributed by atoms with E-state index < -0.39 is 0 Å². The lowest BCUT2D eigenvalue weighted by atomic mass is 10.1. The number of aromatic nitrogens is 3. The van der Waals surface area contributed by atoms with Gasteiger partial charge in [0, 0.05) is 43.4 Å². The van der Waals surface area contributed by atoms with Crippen molar-refractivity contribution in [2.75, 3.05) is 36.4 Å². The number of carbonyl (C=O) groups excluding carboxylic acids is 1. The third-order valence-corrected chi connectivity index (χ3v) is 5.06. The van der Waals surface area contributed by atoms with Crippen LogP contribution >= 0.6 is 0 Å². The molecule has 4 rings (SSSR count). The number of carbonyl (C=O) groups is 1. The zero-order valence-electron chi connectivity index (χ0n) is 16.2. The second kappa shape index (κ2) is 7.86. The Kier molecular flexibility index (Phi) is 5.11. The van der Waals surface area contributed by atoms with Crippen molar-refractivity contribution in [3.63, 3.8) is 0 Å². The summed E-state index contributed by atoms with van der Waals surface area (Å²) in [6.45, 7) is 6.06. The molecule has 29 heavy (non-hydrogen) atoms. The molecule has 0 radical (unpaired) electrons. The molecule has 0 unspecified atom stereocenters. The topological polar surface area (TPSA) is 87.4 Å². The van der Waals surface area contributed by atoms with Crippen LogP contribution in [0.4, 0.5) is 20.9 Å². The number of hydrogen-bond acceptors (Lipinski definition) is 6. The van der Waals surface area contributed by atoms with Gasteiger partial charge < -0.3 is 14.3 Å². The molecule has 0 aliphatic carbocycles. The molecule has 1 N–H and O–H groups in total. The van der Waals surface area contributed by atoms with Crippen LogP contribution in [-0.2, 0) is 0 Å². The first-order valence-electron chi connectivity index (χ1n) is 9.33. The smallest absolute Gasteiger partial charge is 0.324 e. The summed E-state index contributed by atoms with van der Waals surface area (Å²) < 4.78 is 18.3. The third kappa shape index (κ3) is 4.03. The number of nitrogens with zero attached hydrogens (tertiary/aromatic N) is 5. The van der Waals surface area contributed by atoms with Gasteiger partial charge in [0.2, 0.25) is 5.88 Å². The summed E-state index contributed by atoms with van der Waals surface area (Å²) in [7, 11) is 0. The van der Waals surface area contributed by atoms with Gasteiger partial charge in [-0.1, -0.05) is 5.16 Å². The molecule has 0 spiro atoms. The van der Waals surface area contributed by atoms with Crippen LogP contribution in [0.2, 0.25) is 0 Å². The van der Waals surface area contributed by atoms with Gasteiger partial charge >= 0.3 is 6.03 Å². The maximum atomic E-state index is 13.1. The van der Waals surface area contributed by atoms with E-state index in [4.69, 9.17) is 4.52 Å². The summed E-state index contributed by atoms with van der Waals surface area (Å²) in [5.74, 6) is 0.879. The zero-order valence-corrected chi connectivity index (χ0v) is 16.2. The van der Waals surface area contributed by atoms with Crippen LogP contribution in [0.1, 0.15) is 11.3 Å². The highest BCUT2D eigenvalue weighted by Crippen LogP contribution is 2.22. The molecule has 150 valence electrons. The van der Waals surface area contributed by atoms with Crippen LogP contribution in [0.3, 0.4) is 0 Å². The fraction of sp³-hybridized carbons (Fsp3) is 0.300. The lowest BCUT2D eigenvalue weighted by molar-refractivity contribution is 0.207. The summed E-state index contributed by atoms with van der Waals surface area (Å²) in [5.41, 5.74) is 3.13. The first kappa shape index (κ1) is 18.9. The fourth-order valence-electron chi connectivity index (χ4n) is 3.15. The number of aryl methyl sites for hydroxylation is 1. The Morgan fingerprint density at radius 1 is 1.10 bits per heavy atom. The number of rotatable bonds is 3. The molecule has 1 aliphatic heterocycles. The summed E-state index contributed by atoms with van der Waals surface area (Å²) in [4.78, 5) is 25.0. The standard InChI is InChI=1S/C20H21FN6O2/c1-13-14(2)25-29-19(13)24-20(28)27-9-7-26(8-10-27)18-11-17(22-12-23-18)15-3-5-16(21)6-4-15/h3-6,11-12H,7-10H2,1-2H3,(H,24,28). The van der Waals surface area contributed by atoms with E-state index in [2.05, 4.69) is 25.3 Å². The normalized spacial score (nSPS) is 14.2. The summed E-state index contributed by atoms with van der Waals surface area (Å²) in [6, 6.07) is 7.87. The molecule has 2 amide bonds. The Hall–Kier alpha value is -3.49. The number of anilines is 2. The van der Waals surface area contributed by atoms with E-state index >= 15 is 0 Å². The highest BCUT2D eigenvalue weighted by atomic mass is 19.1. The van der Waals surface area contributed by atoms with Gasteiger partial charge in [0.1, 0.15) is 18.0 Å². The number of benzene rings is 1. The molecule has 3 aromatic rings. The Balaban J connectivity index is 1.39. The van der Waals surface area contributed by atoms with Crippen molar-refractivity contribution in [3.05, 3.63) is 53.7 Å². The third-order valence-electron chi connectivity index (χ3n) is 5.06. The van der Waals surface area contributed by atoms with Crippen molar-refractivity contribution in [1.29, 1.82) is 0 Å². The minimum absolute atomic E-state index is 0.210. The van der Waals surface area contributed by atoms with E-state index in [0.29, 0.717) is 32.1 Å². The molecule has 0 saturated carbocycles. The number of amides is 2. The van der Waals surface area contributed by atoms with Crippen molar-refractivity contribution >= 4 is 17.7 Å². The maximum Gasteiger partial charge on any atom is 0.324 e. The minimum Gasteiger partial charge on any atom is -0.353 e. The predicted molar refractivity (Wildman–Crippen MR) is 106 cm³/mol. The SMILES string of the molecule is Cc1noc(NC(=O)N2CCN(c3cc(-c4ccc(F)cc4)ncn3)CC2)c1C. The monoisotopic (exact) mass is 396 g/mol. The van der Waals surface area contributed by atoms with Gasteiger partial charge in [-0.25, -0.2) is 19.2 Å². The van der Waals surface area contributed by atoms with E-state index in [1.807, 2.05) is 19.9 Å². The van der Waals surface area contributed by atoms with Crippen molar-refractivity contribution in [2.24, 2.45) is 0 Å². The van der Waals surface area contributed by atoms with E-state index in [0.717, 1.165) is 28.3 Å². The Morgan fingerprint density at radius 3 is 2.48 bits per heavy atom. The van der Waals surface area contributed by atoms with Crippen molar-refractivity contribution in [3.8, 4) is 11.3 Å². The first-order chi connectivity index (χ1) is 14.0. The average molecular weight is 396 g/mol. The molecule has 0 bridgehead atoms. The Morgan fingerprint density at radius 2 is 1.83 bits per heavy atom. The number of piperazine rings is 1. The number of hydrogen-bond donors (Lipinski definition) is 1. The molecule has 0 atom stereocenters. The highest BCUT2D eigenvalue weighted by Gasteiger charge is 2.24. The van der Waals surface area contributed by atoms with Crippen molar-refractivity contribution < 1.29 is 13.7 Å². The van der Waals surface area contributed by atoms with Crippen molar-refractivity contribution in [1.82, 2.24) is 20.0 Å². The van der Waals surface area contributed by atoms with Crippen LogP contribution in [0.15, 0.2) is 41.2 Å². The van der Waals surface area contributed by atoms with E-state index in [9.17, 15) is 9.18 Å².